The smallest absolute Gasteiger partial charge is 0.253 e. The van der Waals surface area contributed by atoms with Crippen LogP contribution in [0.1, 0.15) is 21.5 Å². The number of halogens is 3. The molecule has 0 saturated carbocycles. The summed E-state index contributed by atoms with van der Waals surface area (Å²) in [4.78, 5) is 12.0. The molecule has 1 N–H and O–H groups in total. The van der Waals surface area contributed by atoms with E-state index in [9.17, 15) is 9.18 Å². The van der Waals surface area contributed by atoms with Crippen molar-refractivity contribution < 1.29 is 9.18 Å². The second-order valence-electron chi connectivity index (χ2n) is 4.41. The van der Waals surface area contributed by atoms with Crippen LogP contribution in [0.5, 0.6) is 0 Å². The molecule has 0 heterocycles. The number of carbonyl (C=O) groups is 1. The normalized spacial score (nSPS) is 10.4. The highest BCUT2D eigenvalue weighted by molar-refractivity contribution is 6.36. The van der Waals surface area contributed by atoms with Crippen molar-refractivity contribution in [2.24, 2.45) is 0 Å². The van der Waals surface area contributed by atoms with E-state index in [1.807, 2.05) is 31.2 Å². The van der Waals surface area contributed by atoms with E-state index in [0.29, 0.717) is 6.54 Å². The average molecular weight is 312 g/mol. The molecule has 0 saturated heterocycles. The Morgan fingerprint density at radius 2 is 1.80 bits per heavy atom. The maximum absolute atomic E-state index is 13.4. The number of amides is 1. The van der Waals surface area contributed by atoms with Gasteiger partial charge in [-0.15, -0.1) is 0 Å². The molecule has 0 fully saturated rings. The molecule has 2 nitrogen and oxygen atoms in total. The highest BCUT2D eigenvalue weighted by atomic mass is 35.5. The summed E-state index contributed by atoms with van der Waals surface area (Å²) < 4.78 is 13.4. The van der Waals surface area contributed by atoms with Gasteiger partial charge < -0.3 is 5.32 Å². The van der Waals surface area contributed by atoms with E-state index < -0.39 is 11.7 Å². The first-order valence-corrected chi connectivity index (χ1v) is 6.71. The summed E-state index contributed by atoms with van der Waals surface area (Å²) in [6, 6.07) is 10.0. The van der Waals surface area contributed by atoms with Crippen LogP contribution < -0.4 is 5.32 Å². The van der Waals surface area contributed by atoms with Gasteiger partial charge in [0.25, 0.3) is 5.91 Å². The summed E-state index contributed by atoms with van der Waals surface area (Å²) in [5.74, 6) is -1.11. The number of aryl methyl sites for hydroxylation is 1. The molecule has 2 aromatic carbocycles. The summed E-state index contributed by atoms with van der Waals surface area (Å²) in [6.45, 7) is 2.33. The molecule has 0 aliphatic rings. The second kappa shape index (κ2) is 6.25. The van der Waals surface area contributed by atoms with Crippen LogP contribution in [0.15, 0.2) is 36.4 Å². The van der Waals surface area contributed by atoms with Crippen molar-refractivity contribution in [3.8, 4) is 0 Å². The molecule has 2 rings (SSSR count). The third kappa shape index (κ3) is 3.50. The lowest BCUT2D eigenvalue weighted by atomic mass is 10.1. The van der Waals surface area contributed by atoms with Gasteiger partial charge in [-0.3, -0.25) is 4.79 Å². The molecule has 2 aromatic rings. The molecular weight excluding hydrogens is 300 g/mol. The van der Waals surface area contributed by atoms with Crippen molar-refractivity contribution in [3.05, 3.63) is 69.0 Å². The maximum Gasteiger partial charge on any atom is 0.253 e. The average Bonchev–Trinajstić information content (AvgIpc) is 2.42. The Hall–Kier alpha value is -1.58. The van der Waals surface area contributed by atoms with E-state index in [0.717, 1.165) is 17.2 Å². The van der Waals surface area contributed by atoms with Crippen LogP contribution in [0, 0.1) is 12.7 Å². The first-order valence-electron chi connectivity index (χ1n) is 5.95. The molecule has 1 amide bonds. The molecule has 0 bridgehead atoms. The Balaban J connectivity index is 2.09. The summed E-state index contributed by atoms with van der Waals surface area (Å²) in [5, 5.41) is 2.71. The molecule has 0 radical (unpaired) electrons. The van der Waals surface area contributed by atoms with Gasteiger partial charge in [0.15, 0.2) is 0 Å². The van der Waals surface area contributed by atoms with Crippen molar-refractivity contribution in [2.45, 2.75) is 13.5 Å². The third-order valence-corrected chi connectivity index (χ3v) is 3.43. The Labute approximate surface area is 126 Å². The van der Waals surface area contributed by atoms with Gasteiger partial charge >= 0.3 is 0 Å². The molecular formula is C15H12Cl2FNO. The molecule has 0 spiro atoms. The zero-order valence-electron chi connectivity index (χ0n) is 10.7. The van der Waals surface area contributed by atoms with E-state index in [4.69, 9.17) is 23.2 Å². The Morgan fingerprint density at radius 1 is 1.15 bits per heavy atom. The lowest BCUT2D eigenvalue weighted by Crippen LogP contribution is -2.23. The minimum absolute atomic E-state index is 0.0701. The summed E-state index contributed by atoms with van der Waals surface area (Å²) >= 11 is 11.5. The van der Waals surface area contributed by atoms with Gasteiger partial charge in [0.2, 0.25) is 0 Å². The number of hydrogen-bond acceptors (Lipinski definition) is 1. The van der Waals surface area contributed by atoms with Crippen LogP contribution in [0.4, 0.5) is 4.39 Å². The zero-order valence-corrected chi connectivity index (χ0v) is 12.2. The Kier molecular flexibility index (Phi) is 4.63. The highest BCUT2D eigenvalue weighted by Crippen LogP contribution is 2.24. The predicted molar refractivity (Wildman–Crippen MR) is 78.8 cm³/mol. The van der Waals surface area contributed by atoms with Gasteiger partial charge in [0, 0.05) is 6.54 Å². The molecule has 5 heteroatoms. The van der Waals surface area contributed by atoms with E-state index >= 15 is 0 Å². The highest BCUT2D eigenvalue weighted by Gasteiger charge is 2.13. The first-order chi connectivity index (χ1) is 9.47. The summed E-state index contributed by atoms with van der Waals surface area (Å²) in [5.41, 5.74) is 2.16. The molecule has 104 valence electrons. The van der Waals surface area contributed by atoms with Crippen molar-refractivity contribution in [2.75, 3.05) is 0 Å². The zero-order chi connectivity index (χ0) is 14.7. The van der Waals surface area contributed by atoms with Gasteiger partial charge in [-0.2, -0.15) is 0 Å². The minimum Gasteiger partial charge on any atom is -0.348 e. The van der Waals surface area contributed by atoms with Crippen molar-refractivity contribution in [3.63, 3.8) is 0 Å². The molecule has 0 aromatic heterocycles. The summed E-state index contributed by atoms with van der Waals surface area (Å²) in [6.07, 6.45) is 0. The first kappa shape index (κ1) is 14.8. The van der Waals surface area contributed by atoms with Gasteiger partial charge in [0.1, 0.15) is 5.82 Å². The monoisotopic (exact) mass is 311 g/mol. The van der Waals surface area contributed by atoms with Crippen LogP contribution in [0.2, 0.25) is 10.0 Å². The van der Waals surface area contributed by atoms with Gasteiger partial charge in [-0.25, -0.2) is 4.39 Å². The summed E-state index contributed by atoms with van der Waals surface area (Å²) in [7, 11) is 0. The van der Waals surface area contributed by atoms with Gasteiger partial charge in [-0.1, -0.05) is 53.0 Å². The van der Waals surface area contributed by atoms with Crippen LogP contribution in [0.3, 0.4) is 0 Å². The number of carbonyl (C=O) groups excluding carboxylic acids is 1. The fraction of sp³-hybridized carbons (Fsp3) is 0.133. The molecule has 20 heavy (non-hydrogen) atoms. The van der Waals surface area contributed by atoms with E-state index in [1.54, 1.807) is 0 Å². The maximum atomic E-state index is 13.4. The number of benzene rings is 2. The standard InChI is InChI=1S/C15H12Cl2FNO/c1-9-2-4-10(5-3-9)8-19-15(20)11-6-14(18)13(17)7-12(11)16/h2-7H,8H2,1H3,(H,19,20). The van der Waals surface area contributed by atoms with Crippen molar-refractivity contribution >= 4 is 29.1 Å². The van der Waals surface area contributed by atoms with Crippen LogP contribution in [-0.2, 0) is 6.54 Å². The minimum atomic E-state index is -0.670. The Morgan fingerprint density at radius 3 is 2.45 bits per heavy atom. The quantitative estimate of drug-likeness (QED) is 0.838. The van der Waals surface area contributed by atoms with E-state index in [2.05, 4.69) is 5.32 Å². The SMILES string of the molecule is Cc1ccc(CNC(=O)c2cc(F)c(Cl)cc2Cl)cc1. The molecule has 0 unspecified atom stereocenters. The topological polar surface area (TPSA) is 29.1 Å². The van der Waals surface area contributed by atoms with E-state index in [1.165, 1.54) is 6.07 Å². The predicted octanol–water partition coefficient (Wildman–Crippen LogP) is 4.37. The fourth-order valence-corrected chi connectivity index (χ4v) is 2.15. The van der Waals surface area contributed by atoms with Crippen molar-refractivity contribution in [1.29, 1.82) is 0 Å². The molecule has 0 aliphatic heterocycles. The molecule has 0 aliphatic carbocycles. The lowest BCUT2D eigenvalue weighted by Gasteiger charge is -2.08. The van der Waals surface area contributed by atoms with E-state index in [-0.39, 0.29) is 15.6 Å². The van der Waals surface area contributed by atoms with Gasteiger partial charge in [-0.05, 0) is 24.6 Å². The third-order valence-electron chi connectivity index (χ3n) is 2.83. The van der Waals surface area contributed by atoms with Crippen molar-refractivity contribution in [1.82, 2.24) is 5.32 Å². The van der Waals surface area contributed by atoms with Crippen LogP contribution in [-0.4, -0.2) is 5.91 Å². The number of hydrogen-bond donors (Lipinski definition) is 1. The number of rotatable bonds is 3. The number of nitrogens with one attached hydrogen (secondary N) is 1. The fourth-order valence-electron chi connectivity index (χ4n) is 1.68. The van der Waals surface area contributed by atoms with Gasteiger partial charge in [0.05, 0.1) is 15.6 Å². The lowest BCUT2D eigenvalue weighted by molar-refractivity contribution is 0.0950. The van der Waals surface area contributed by atoms with Crippen LogP contribution >= 0.6 is 23.2 Å². The molecule has 0 atom stereocenters. The largest absolute Gasteiger partial charge is 0.348 e. The Bertz CT molecular complexity index is 641. The van der Waals surface area contributed by atoms with Crippen LogP contribution in [0.25, 0.3) is 0 Å². The second-order valence-corrected chi connectivity index (χ2v) is 5.23.